The van der Waals surface area contributed by atoms with Gasteiger partial charge in [-0.3, -0.25) is 4.99 Å². The first-order valence-corrected chi connectivity index (χ1v) is 13.8. The molecule has 0 aromatic heterocycles. The molecule has 0 bridgehead atoms. The second-order valence-electron chi connectivity index (χ2n) is 10.7. The number of carbonyl (C=O) groups excluding carboxylic acids is 1. The Morgan fingerprint density at radius 3 is 2.84 bits per heavy atom. The summed E-state index contributed by atoms with van der Waals surface area (Å²) in [4.78, 5) is 19.5. The number of nitriles is 1. The maximum Gasteiger partial charge on any atom is 0.317 e. The molecular formula is C31H36N4O3. The average Bonchev–Trinajstić information content (AvgIpc) is 3.15. The monoisotopic (exact) mass is 512 g/mol. The largest absolute Gasteiger partial charge is 0.490 e. The van der Waals surface area contributed by atoms with Gasteiger partial charge in [0, 0.05) is 25.0 Å². The van der Waals surface area contributed by atoms with Gasteiger partial charge >= 0.3 is 6.03 Å². The molecule has 7 nitrogen and oxygen atoms in total. The molecule has 1 aliphatic carbocycles. The number of hydrogen-bond acceptors (Lipinski definition) is 5. The number of carbonyl (C=O) groups is 1. The number of amides is 2. The van der Waals surface area contributed by atoms with Crippen molar-refractivity contribution in [1.29, 1.82) is 5.26 Å². The molecule has 2 aromatic rings. The topological polar surface area (TPSA) is 97.9 Å². The van der Waals surface area contributed by atoms with E-state index in [1.807, 2.05) is 38.2 Å². The van der Waals surface area contributed by atoms with Crippen LogP contribution in [0.2, 0.25) is 0 Å². The van der Waals surface area contributed by atoms with Gasteiger partial charge in [0.05, 0.1) is 23.8 Å². The van der Waals surface area contributed by atoms with Crippen molar-refractivity contribution in [2.75, 3.05) is 13.1 Å². The lowest BCUT2D eigenvalue weighted by atomic mass is 9.93. The number of nitrogens with one attached hydrogen (secondary N) is 1. The van der Waals surface area contributed by atoms with Gasteiger partial charge in [-0.2, -0.15) is 5.26 Å². The van der Waals surface area contributed by atoms with E-state index in [0.29, 0.717) is 24.4 Å². The molecule has 1 saturated heterocycles. The van der Waals surface area contributed by atoms with Crippen LogP contribution >= 0.6 is 0 Å². The molecule has 0 saturated carbocycles. The molecule has 3 aliphatic rings. The van der Waals surface area contributed by atoms with E-state index in [-0.39, 0.29) is 18.2 Å². The van der Waals surface area contributed by atoms with E-state index < -0.39 is 6.10 Å². The first-order chi connectivity index (χ1) is 18.4. The van der Waals surface area contributed by atoms with E-state index in [9.17, 15) is 15.2 Å². The number of rotatable bonds is 5. The summed E-state index contributed by atoms with van der Waals surface area (Å²) in [7, 11) is 0. The van der Waals surface area contributed by atoms with Crippen molar-refractivity contribution in [3.8, 4) is 11.8 Å². The van der Waals surface area contributed by atoms with Crippen molar-refractivity contribution >= 4 is 17.3 Å². The molecule has 2 heterocycles. The van der Waals surface area contributed by atoms with E-state index in [1.165, 1.54) is 22.3 Å². The van der Waals surface area contributed by atoms with Crippen LogP contribution in [0, 0.1) is 11.3 Å². The normalized spacial score (nSPS) is 21.2. The van der Waals surface area contributed by atoms with E-state index in [4.69, 9.17) is 9.73 Å². The van der Waals surface area contributed by atoms with Crippen molar-refractivity contribution in [1.82, 2.24) is 10.2 Å². The minimum atomic E-state index is -0.428. The maximum absolute atomic E-state index is 12.9. The number of ether oxygens (including phenoxy) is 1. The predicted molar refractivity (Wildman–Crippen MR) is 148 cm³/mol. The van der Waals surface area contributed by atoms with E-state index >= 15 is 0 Å². The number of aliphatic imine (C=N–C) groups is 1. The number of aliphatic hydroxyl groups excluding tert-OH is 1. The van der Waals surface area contributed by atoms with Gasteiger partial charge < -0.3 is 20.1 Å². The number of benzene rings is 2. The molecule has 38 heavy (non-hydrogen) atoms. The average molecular weight is 513 g/mol. The second-order valence-corrected chi connectivity index (χ2v) is 10.7. The summed E-state index contributed by atoms with van der Waals surface area (Å²) in [5.41, 5.74) is 7.37. The summed E-state index contributed by atoms with van der Waals surface area (Å²) < 4.78 is 5.78. The second kappa shape index (κ2) is 11.4. The molecule has 1 fully saturated rings. The van der Waals surface area contributed by atoms with Gasteiger partial charge in [-0.15, -0.1) is 0 Å². The third-order valence-electron chi connectivity index (χ3n) is 7.63. The van der Waals surface area contributed by atoms with Crippen LogP contribution in [-0.2, 0) is 6.42 Å². The van der Waals surface area contributed by atoms with Gasteiger partial charge in [-0.05, 0) is 105 Å². The fourth-order valence-electron chi connectivity index (χ4n) is 5.79. The van der Waals surface area contributed by atoms with Gasteiger partial charge in [0.1, 0.15) is 11.8 Å². The first-order valence-electron chi connectivity index (χ1n) is 13.8. The molecule has 2 N–H and O–H groups in total. The number of urea groups is 1. The molecular weight excluding hydrogens is 476 g/mol. The lowest BCUT2D eigenvalue weighted by Crippen LogP contribution is -2.47. The van der Waals surface area contributed by atoms with E-state index in [1.54, 1.807) is 4.90 Å². The van der Waals surface area contributed by atoms with Gasteiger partial charge in [0.25, 0.3) is 0 Å². The SMILES string of the molecule is CC(C)Oc1ccc(C2=NC=C(c3cccc4c3CCC4NC(=O)N3CCCC(O)C3)CCC2)cc1C#N. The molecule has 198 valence electrons. The third kappa shape index (κ3) is 5.61. The highest BCUT2D eigenvalue weighted by Gasteiger charge is 2.30. The van der Waals surface area contributed by atoms with Gasteiger partial charge in [-0.1, -0.05) is 18.2 Å². The Balaban J connectivity index is 1.35. The molecule has 2 aliphatic heterocycles. The highest BCUT2D eigenvalue weighted by atomic mass is 16.5. The van der Waals surface area contributed by atoms with Crippen LogP contribution < -0.4 is 10.1 Å². The summed E-state index contributed by atoms with van der Waals surface area (Å²) in [5.74, 6) is 0.606. The summed E-state index contributed by atoms with van der Waals surface area (Å²) in [6.45, 7) is 5.00. The van der Waals surface area contributed by atoms with Crippen LogP contribution in [0.4, 0.5) is 4.79 Å². The van der Waals surface area contributed by atoms with E-state index in [0.717, 1.165) is 56.2 Å². The Bertz CT molecular complexity index is 1310. The zero-order valence-corrected chi connectivity index (χ0v) is 22.2. The fraction of sp³-hybridized carbons (Fsp3) is 0.452. The minimum Gasteiger partial charge on any atom is -0.490 e. The lowest BCUT2D eigenvalue weighted by Gasteiger charge is -2.31. The quantitative estimate of drug-likeness (QED) is 0.552. The summed E-state index contributed by atoms with van der Waals surface area (Å²) >= 11 is 0. The minimum absolute atomic E-state index is 0.00634. The molecule has 2 aromatic carbocycles. The predicted octanol–water partition coefficient (Wildman–Crippen LogP) is 5.51. The molecule has 2 amide bonds. The highest BCUT2D eigenvalue weighted by molar-refractivity contribution is 6.02. The zero-order chi connectivity index (χ0) is 26.6. The van der Waals surface area contributed by atoms with Gasteiger partial charge in [0.15, 0.2) is 0 Å². The van der Waals surface area contributed by atoms with Crippen LogP contribution in [0.3, 0.4) is 0 Å². The van der Waals surface area contributed by atoms with Crippen LogP contribution in [-0.4, -0.2) is 47.0 Å². The standard InChI is InChI=1S/C31H36N4O3/c1-20(2)38-30-14-11-21(16-23(30)17-32)28-10-3-6-22(18-33-28)25-8-4-9-27-26(25)12-13-29(27)34-31(37)35-15-5-7-24(36)19-35/h4,8-9,11,14,16,18,20,24,29,36H,3,5-7,10,12-13,15,19H2,1-2H3,(H,34,37). The number of likely N-dealkylation sites (tertiary alicyclic amines) is 1. The smallest absolute Gasteiger partial charge is 0.317 e. The van der Waals surface area contributed by atoms with Crippen LogP contribution in [0.15, 0.2) is 47.6 Å². The molecule has 0 spiro atoms. The number of allylic oxidation sites excluding steroid dienone is 1. The number of aliphatic hydroxyl groups is 1. The Morgan fingerprint density at radius 1 is 1.18 bits per heavy atom. The molecule has 2 unspecified atom stereocenters. The molecule has 7 heteroatoms. The fourth-order valence-corrected chi connectivity index (χ4v) is 5.79. The Morgan fingerprint density at radius 2 is 2.05 bits per heavy atom. The number of β-amino-alcohol motifs (C(OH)–C–C–N with tert-alkyl or cyclic N) is 1. The van der Waals surface area contributed by atoms with Crippen molar-refractivity contribution < 1.29 is 14.6 Å². The first kappa shape index (κ1) is 26.0. The molecule has 5 rings (SSSR count). The van der Waals surface area contributed by atoms with E-state index in [2.05, 4.69) is 29.6 Å². The Kier molecular flexibility index (Phi) is 7.80. The highest BCUT2D eigenvalue weighted by Crippen LogP contribution is 2.38. The van der Waals surface area contributed by atoms with Crippen molar-refractivity contribution in [3.63, 3.8) is 0 Å². The number of piperidine rings is 1. The van der Waals surface area contributed by atoms with Crippen LogP contribution in [0.25, 0.3) is 5.57 Å². The number of nitrogens with zero attached hydrogens (tertiary/aromatic N) is 3. The summed E-state index contributed by atoms with van der Waals surface area (Å²) in [6, 6.07) is 14.3. The Labute approximate surface area is 224 Å². The molecule has 0 radical (unpaired) electrons. The van der Waals surface area contributed by atoms with Crippen molar-refractivity contribution in [2.24, 2.45) is 4.99 Å². The number of hydrogen-bond donors (Lipinski definition) is 2. The zero-order valence-electron chi connectivity index (χ0n) is 22.2. The third-order valence-corrected chi connectivity index (χ3v) is 7.63. The summed E-state index contributed by atoms with van der Waals surface area (Å²) in [5, 5.41) is 22.8. The molecule has 2 atom stereocenters. The Hall–Kier alpha value is -3.63. The lowest BCUT2D eigenvalue weighted by molar-refractivity contribution is 0.0833. The van der Waals surface area contributed by atoms with Crippen molar-refractivity contribution in [2.45, 2.75) is 77.0 Å². The number of fused-ring (bicyclic) bond motifs is 1. The van der Waals surface area contributed by atoms with Gasteiger partial charge in [-0.25, -0.2) is 4.79 Å². The van der Waals surface area contributed by atoms with Crippen LogP contribution in [0.1, 0.15) is 86.2 Å². The van der Waals surface area contributed by atoms with Crippen LogP contribution in [0.5, 0.6) is 5.75 Å². The van der Waals surface area contributed by atoms with Crippen molar-refractivity contribution in [3.05, 3.63) is 70.4 Å². The summed E-state index contributed by atoms with van der Waals surface area (Å²) in [6.07, 6.45) is 7.68. The maximum atomic E-state index is 12.9. The van der Waals surface area contributed by atoms with Gasteiger partial charge in [0.2, 0.25) is 0 Å².